The number of hydrogen-bond acceptors (Lipinski definition) is 6. The van der Waals surface area contributed by atoms with Crippen LogP contribution in [0.25, 0.3) is 0 Å². The van der Waals surface area contributed by atoms with Crippen LogP contribution in [0, 0.1) is 10.1 Å². The number of ether oxygens (including phenoxy) is 3. The maximum Gasteiger partial charge on any atom is 0.407 e. The molecule has 0 bridgehead atoms. The Morgan fingerprint density at radius 3 is 2.82 bits per heavy atom. The molecule has 28 heavy (non-hydrogen) atoms. The summed E-state index contributed by atoms with van der Waals surface area (Å²) in [6.07, 6.45) is 0.196. The molecular weight excluding hydrogens is 364 g/mol. The molecule has 8 heteroatoms. The van der Waals surface area contributed by atoms with Crippen LogP contribution in [0.1, 0.15) is 25.0 Å². The summed E-state index contributed by atoms with van der Waals surface area (Å²) in [6.45, 7) is 4.42. The number of alkyl carbamates (subject to hydrolysis) is 1. The van der Waals surface area contributed by atoms with Gasteiger partial charge in [0.25, 0.3) is 5.69 Å². The third-order valence-corrected chi connectivity index (χ3v) is 4.19. The molecule has 0 saturated heterocycles. The number of fused-ring (bicyclic) bond motifs is 1. The van der Waals surface area contributed by atoms with Crippen LogP contribution in [0.15, 0.2) is 42.5 Å². The first-order chi connectivity index (χ1) is 13.3. The summed E-state index contributed by atoms with van der Waals surface area (Å²) in [7, 11) is 0. The first kappa shape index (κ1) is 19.5. The van der Waals surface area contributed by atoms with Gasteiger partial charge in [-0.15, -0.1) is 0 Å². The summed E-state index contributed by atoms with van der Waals surface area (Å²) in [5.74, 6) is 1.37. The molecule has 8 nitrogen and oxygen atoms in total. The first-order valence-corrected chi connectivity index (χ1v) is 8.92. The van der Waals surface area contributed by atoms with Crippen LogP contribution in [-0.4, -0.2) is 29.8 Å². The maximum atomic E-state index is 11.8. The topological polar surface area (TPSA) is 99.9 Å². The molecule has 1 heterocycles. The van der Waals surface area contributed by atoms with Gasteiger partial charge in [0.2, 0.25) is 0 Å². The van der Waals surface area contributed by atoms with Gasteiger partial charge in [-0.05, 0) is 25.5 Å². The van der Waals surface area contributed by atoms with Crippen molar-refractivity contribution in [2.75, 3.05) is 13.2 Å². The molecule has 0 aromatic heterocycles. The van der Waals surface area contributed by atoms with Crippen LogP contribution in [0.4, 0.5) is 10.5 Å². The quantitative estimate of drug-likeness (QED) is 0.443. The molecule has 0 unspecified atom stereocenters. The zero-order chi connectivity index (χ0) is 20.1. The molecule has 3 rings (SSSR count). The third kappa shape index (κ3) is 4.91. The Bertz CT molecular complexity index is 881. The van der Waals surface area contributed by atoms with E-state index in [2.05, 4.69) is 5.32 Å². The Morgan fingerprint density at radius 1 is 1.25 bits per heavy atom. The number of nitro benzene ring substituents is 1. The van der Waals surface area contributed by atoms with Gasteiger partial charge in [0, 0.05) is 30.7 Å². The van der Waals surface area contributed by atoms with Crippen LogP contribution in [0.3, 0.4) is 0 Å². The number of carbonyl (C=O) groups is 1. The summed E-state index contributed by atoms with van der Waals surface area (Å²) in [5, 5.41) is 13.3. The van der Waals surface area contributed by atoms with Crippen molar-refractivity contribution in [1.29, 1.82) is 0 Å². The van der Waals surface area contributed by atoms with E-state index in [1.54, 1.807) is 12.1 Å². The predicted molar refractivity (Wildman–Crippen MR) is 102 cm³/mol. The molecule has 1 aliphatic heterocycles. The molecule has 0 saturated carbocycles. The molecule has 1 amide bonds. The molecular formula is C20H22N2O6. The number of amides is 1. The third-order valence-electron chi connectivity index (χ3n) is 4.19. The molecule has 148 valence electrons. The highest BCUT2D eigenvalue weighted by Crippen LogP contribution is 2.41. The van der Waals surface area contributed by atoms with Crippen molar-refractivity contribution in [3.8, 4) is 11.5 Å². The van der Waals surface area contributed by atoms with Gasteiger partial charge < -0.3 is 19.5 Å². The van der Waals surface area contributed by atoms with Gasteiger partial charge in [0.1, 0.15) is 18.8 Å². The normalized spacial score (nSPS) is 13.9. The van der Waals surface area contributed by atoms with Crippen molar-refractivity contribution in [2.24, 2.45) is 0 Å². The van der Waals surface area contributed by atoms with Crippen LogP contribution < -0.4 is 14.8 Å². The fourth-order valence-corrected chi connectivity index (χ4v) is 2.99. The molecule has 2 aromatic carbocycles. The van der Waals surface area contributed by atoms with Crippen molar-refractivity contribution in [3.05, 3.63) is 63.7 Å². The first-order valence-electron chi connectivity index (χ1n) is 8.92. The minimum absolute atomic E-state index is 0.0261. The number of nitrogens with one attached hydrogen (secondary N) is 1. The molecule has 1 N–H and O–H groups in total. The van der Waals surface area contributed by atoms with Crippen LogP contribution >= 0.6 is 0 Å². The summed E-state index contributed by atoms with van der Waals surface area (Å²) in [6, 6.07) is 11.8. The number of non-ortho nitro benzene ring substituents is 1. The van der Waals surface area contributed by atoms with Gasteiger partial charge in [-0.3, -0.25) is 10.1 Å². The highest BCUT2D eigenvalue weighted by atomic mass is 16.6. The zero-order valence-corrected chi connectivity index (χ0v) is 15.8. The van der Waals surface area contributed by atoms with Crippen LogP contribution in [0.2, 0.25) is 0 Å². The van der Waals surface area contributed by atoms with E-state index in [0.717, 1.165) is 17.7 Å². The molecule has 0 spiro atoms. The van der Waals surface area contributed by atoms with Crippen molar-refractivity contribution >= 4 is 11.8 Å². The van der Waals surface area contributed by atoms with E-state index in [-0.39, 0.29) is 31.0 Å². The second-order valence-electron chi connectivity index (χ2n) is 7.05. The van der Waals surface area contributed by atoms with Gasteiger partial charge in [0.15, 0.2) is 11.5 Å². The van der Waals surface area contributed by atoms with Crippen molar-refractivity contribution in [2.45, 2.75) is 32.4 Å². The van der Waals surface area contributed by atoms with Gasteiger partial charge in [-0.1, -0.05) is 24.3 Å². The lowest BCUT2D eigenvalue weighted by atomic mass is 10.0. The van der Waals surface area contributed by atoms with E-state index < -0.39 is 11.0 Å². The molecule has 0 aliphatic carbocycles. The minimum Gasteiger partial charge on any atom is -0.486 e. The molecule has 0 fully saturated rings. The van der Waals surface area contributed by atoms with E-state index in [4.69, 9.17) is 14.2 Å². The van der Waals surface area contributed by atoms with Crippen molar-refractivity contribution in [3.63, 3.8) is 0 Å². The average molecular weight is 386 g/mol. The van der Waals surface area contributed by atoms with E-state index in [9.17, 15) is 14.9 Å². The van der Waals surface area contributed by atoms with Gasteiger partial charge >= 0.3 is 6.09 Å². The fourth-order valence-electron chi connectivity index (χ4n) is 2.99. The number of carbonyl (C=O) groups excluding carboxylic acids is 1. The smallest absolute Gasteiger partial charge is 0.407 e. The SMILES string of the molecule is CC1(C)Cc2cccc(OCCOC(=O)NCc3cccc([N+](=O)[O-])c3)c2O1. The van der Waals surface area contributed by atoms with Crippen LogP contribution in [0.5, 0.6) is 11.5 Å². The van der Waals surface area contributed by atoms with Gasteiger partial charge in [0.05, 0.1) is 4.92 Å². The Hall–Kier alpha value is -3.29. The molecule has 0 atom stereocenters. The van der Waals surface area contributed by atoms with E-state index in [0.29, 0.717) is 11.3 Å². The Balaban J connectivity index is 1.42. The van der Waals surface area contributed by atoms with E-state index in [1.165, 1.54) is 12.1 Å². The van der Waals surface area contributed by atoms with E-state index in [1.807, 2.05) is 32.0 Å². The Labute approximate surface area is 162 Å². The largest absolute Gasteiger partial charge is 0.486 e. The predicted octanol–water partition coefficient (Wildman–Crippen LogP) is 3.61. The minimum atomic E-state index is -0.620. The zero-order valence-electron chi connectivity index (χ0n) is 15.8. The molecule has 2 aromatic rings. The van der Waals surface area contributed by atoms with Crippen LogP contribution in [-0.2, 0) is 17.7 Å². The average Bonchev–Trinajstić information content (AvgIpc) is 2.98. The highest BCUT2D eigenvalue weighted by Gasteiger charge is 2.32. The van der Waals surface area contributed by atoms with Gasteiger partial charge in [-0.2, -0.15) is 0 Å². The number of benzene rings is 2. The summed E-state index contributed by atoms with van der Waals surface area (Å²) in [4.78, 5) is 22.0. The number of hydrogen-bond donors (Lipinski definition) is 1. The lowest BCUT2D eigenvalue weighted by molar-refractivity contribution is -0.384. The summed E-state index contributed by atoms with van der Waals surface area (Å²) < 4.78 is 16.7. The lowest BCUT2D eigenvalue weighted by Gasteiger charge is -2.18. The monoisotopic (exact) mass is 386 g/mol. The fraction of sp³-hybridized carbons (Fsp3) is 0.350. The highest BCUT2D eigenvalue weighted by molar-refractivity contribution is 5.67. The summed E-state index contributed by atoms with van der Waals surface area (Å²) in [5.41, 5.74) is 1.42. The number of para-hydroxylation sites is 1. The Kier molecular flexibility index (Phi) is 5.67. The van der Waals surface area contributed by atoms with Crippen molar-refractivity contribution in [1.82, 2.24) is 5.32 Å². The maximum absolute atomic E-state index is 11.8. The molecule has 0 radical (unpaired) electrons. The number of nitro groups is 1. The Morgan fingerprint density at radius 2 is 2.04 bits per heavy atom. The van der Waals surface area contributed by atoms with Crippen molar-refractivity contribution < 1.29 is 23.9 Å². The number of rotatable bonds is 7. The van der Waals surface area contributed by atoms with Gasteiger partial charge in [-0.25, -0.2) is 4.79 Å². The lowest BCUT2D eigenvalue weighted by Crippen LogP contribution is -2.26. The second-order valence-corrected chi connectivity index (χ2v) is 7.05. The standard InChI is InChI=1S/C20H22N2O6/c1-20(2)12-15-6-4-8-17(18(15)28-20)26-9-10-27-19(23)21-13-14-5-3-7-16(11-14)22(24)25/h3-8,11H,9-10,12-13H2,1-2H3,(H,21,23). The summed E-state index contributed by atoms with van der Waals surface area (Å²) >= 11 is 0. The number of nitrogens with zero attached hydrogens (tertiary/aromatic N) is 1. The second kappa shape index (κ2) is 8.16. The van der Waals surface area contributed by atoms with E-state index >= 15 is 0 Å². The molecule has 1 aliphatic rings.